The molecule has 5 nitrogen and oxygen atoms in total. The first-order valence-electron chi connectivity index (χ1n) is 6.50. The summed E-state index contributed by atoms with van der Waals surface area (Å²) in [6.07, 6.45) is 0. The van der Waals surface area contributed by atoms with E-state index in [-0.39, 0.29) is 5.41 Å². The Kier molecular flexibility index (Phi) is 3.55. The number of benzene rings is 1. The van der Waals surface area contributed by atoms with Crippen LogP contribution in [0.3, 0.4) is 0 Å². The molecule has 2 N–H and O–H groups in total. The summed E-state index contributed by atoms with van der Waals surface area (Å²) in [4.78, 5) is 0. The molecular formula is C14H21N5. The highest BCUT2D eigenvalue weighted by atomic mass is 15.5. The highest BCUT2D eigenvalue weighted by molar-refractivity contribution is 5.60. The predicted octanol–water partition coefficient (Wildman–Crippen LogP) is 2.60. The Hall–Kier alpha value is -1.91. The molecule has 1 heterocycles. The molecule has 0 radical (unpaired) electrons. The number of nitrogens with two attached hydrogens (primary N) is 1. The van der Waals surface area contributed by atoms with Crippen LogP contribution < -0.4 is 5.73 Å². The van der Waals surface area contributed by atoms with Crippen molar-refractivity contribution in [3.63, 3.8) is 0 Å². The van der Waals surface area contributed by atoms with Crippen molar-refractivity contribution in [2.75, 3.05) is 5.73 Å². The summed E-state index contributed by atoms with van der Waals surface area (Å²) in [5, 5.41) is 12.0. The Morgan fingerprint density at radius 1 is 1.32 bits per heavy atom. The molecule has 102 valence electrons. The van der Waals surface area contributed by atoms with E-state index in [0.717, 1.165) is 23.6 Å². The third kappa shape index (κ3) is 3.10. The molecule has 0 aliphatic rings. The Morgan fingerprint density at radius 2 is 2.05 bits per heavy atom. The van der Waals surface area contributed by atoms with E-state index in [0.29, 0.717) is 5.92 Å². The highest BCUT2D eigenvalue weighted by Crippen LogP contribution is 2.28. The van der Waals surface area contributed by atoms with Gasteiger partial charge in [0.1, 0.15) is 0 Å². The van der Waals surface area contributed by atoms with Gasteiger partial charge in [-0.05, 0) is 33.9 Å². The molecule has 0 saturated carbocycles. The van der Waals surface area contributed by atoms with E-state index in [1.807, 2.05) is 28.9 Å². The van der Waals surface area contributed by atoms with Gasteiger partial charge in [0.15, 0.2) is 5.82 Å². The summed E-state index contributed by atoms with van der Waals surface area (Å²) in [6.45, 7) is 9.68. The first-order valence-corrected chi connectivity index (χ1v) is 6.50. The summed E-state index contributed by atoms with van der Waals surface area (Å²) in [5.41, 5.74) is 7.70. The molecule has 2 rings (SSSR count). The molecule has 0 spiro atoms. The van der Waals surface area contributed by atoms with Crippen LogP contribution in [-0.4, -0.2) is 20.2 Å². The minimum atomic E-state index is 0.221. The Bertz CT molecular complexity index is 553. The number of nitrogen functional groups attached to an aromatic ring is 1. The van der Waals surface area contributed by atoms with E-state index in [1.54, 1.807) is 0 Å². The van der Waals surface area contributed by atoms with Gasteiger partial charge in [0.25, 0.3) is 0 Å². The van der Waals surface area contributed by atoms with Gasteiger partial charge >= 0.3 is 0 Å². The summed E-state index contributed by atoms with van der Waals surface area (Å²) >= 11 is 0. The van der Waals surface area contributed by atoms with Crippen LogP contribution >= 0.6 is 0 Å². The lowest BCUT2D eigenvalue weighted by Crippen LogP contribution is -2.23. The van der Waals surface area contributed by atoms with Crippen molar-refractivity contribution in [3.8, 4) is 11.4 Å². The molecule has 0 aliphatic carbocycles. The molecule has 19 heavy (non-hydrogen) atoms. The first-order chi connectivity index (χ1) is 8.88. The minimum absolute atomic E-state index is 0.221. The van der Waals surface area contributed by atoms with Gasteiger partial charge in [-0.25, -0.2) is 4.68 Å². The molecule has 1 aromatic heterocycles. The Morgan fingerprint density at radius 3 is 2.68 bits per heavy atom. The quantitative estimate of drug-likeness (QED) is 0.860. The van der Waals surface area contributed by atoms with Crippen molar-refractivity contribution >= 4 is 5.69 Å². The van der Waals surface area contributed by atoms with Gasteiger partial charge in [-0.15, -0.1) is 5.10 Å². The third-order valence-electron chi connectivity index (χ3n) is 3.60. The lowest BCUT2D eigenvalue weighted by atomic mass is 9.82. The van der Waals surface area contributed by atoms with Gasteiger partial charge < -0.3 is 5.73 Å². The standard InChI is InChI=1S/C14H21N5/c1-10(14(2,3)4)9-19-13(16-17-18-19)11-6-5-7-12(15)8-11/h5-8,10H,9,15H2,1-4H3. The van der Waals surface area contributed by atoms with Crippen LogP contribution in [0.25, 0.3) is 11.4 Å². The zero-order chi connectivity index (χ0) is 14.0. The van der Waals surface area contributed by atoms with E-state index in [1.165, 1.54) is 0 Å². The second-order valence-electron chi connectivity index (χ2n) is 6.08. The Balaban J connectivity index is 2.28. The van der Waals surface area contributed by atoms with Gasteiger partial charge in [0.05, 0.1) is 0 Å². The normalized spacial score (nSPS) is 13.5. The van der Waals surface area contributed by atoms with Crippen LogP contribution in [0.15, 0.2) is 24.3 Å². The fourth-order valence-electron chi connectivity index (χ4n) is 1.75. The predicted molar refractivity (Wildman–Crippen MR) is 76.3 cm³/mol. The first kappa shape index (κ1) is 13.5. The van der Waals surface area contributed by atoms with Crippen molar-refractivity contribution in [1.82, 2.24) is 20.2 Å². The molecule has 1 atom stereocenters. The number of anilines is 1. The second-order valence-corrected chi connectivity index (χ2v) is 6.08. The van der Waals surface area contributed by atoms with Crippen LogP contribution in [-0.2, 0) is 6.54 Å². The lowest BCUT2D eigenvalue weighted by Gasteiger charge is -2.27. The van der Waals surface area contributed by atoms with Crippen LogP contribution in [0.5, 0.6) is 0 Å². The monoisotopic (exact) mass is 259 g/mol. The smallest absolute Gasteiger partial charge is 0.182 e. The van der Waals surface area contributed by atoms with Crippen LogP contribution in [0, 0.1) is 11.3 Å². The van der Waals surface area contributed by atoms with Crippen LogP contribution in [0.4, 0.5) is 5.69 Å². The fraction of sp³-hybridized carbons (Fsp3) is 0.500. The molecule has 0 amide bonds. The summed E-state index contributed by atoms with van der Waals surface area (Å²) < 4.78 is 1.85. The second kappa shape index (κ2) is 4.99. The zero-order valence-electron chi connectivity index (χ0n) is 12.0. The SMILES string of the molecule is CC(Cn1nnnc1-c1cccc(N)c1)C(C)(C)C. The molecule has 2 aromatic rings. The lowest BCUT2D eigenvalue weighted by molar-refractivity contribution is 0.225. The summed E-state index contributed by atoms with van der Waals surface area (Å²) in [6, 6.07) is 7.64. The van der Waals surface area contributed by atoms with Crippen molar-refractivity contribution in [3.05, 3.63) is 24.3 Å². The number of rotatable bonds is 3. The molecule has 5 heteroatoms. The average molecular weight is 259 g/mol. The maximum Gasteiger partial charge on any atom is 0.182 e. The molecule has 1 unspecified atom stereocenters. The number of hydrogen-bond acceptors (Lipinski definition) is 4. The van der Waals surface area contributed by atoms with Gasteiger partial charge in [-0.3, -0.25) is 0 Å². The van der Waals surface area contributed by atoms with Gasteiger partial charge in [0, 0.05) is 17.8 Å². The van der Waals surface area contributed by atoms with Crippen LogP contribution in [0.1, 0.15) is 27.7 Å². The number of hydrogen-bond donors (Lipinski definition) is 1. The molecule has 0 saturated heterocycles. The Labute approximate surface area is 113 Å². The molecule has 0 fully saturated rings. The van der Waals surface area contributed by atoms with Gasteiger partial charge in [-0.1, -0.05) is 39.8 Å². The van der Waals surface area contributed by atoms with E-state index in [4.69, 9.17) is 5.73 Å². The molecule has 1 aromatic carbocycles. The average Bonchev–Trinajstić information content (AvgIpc) is 2.76. The van der Waals surface area contributed by atoms with Crippen molar-refractivity contribution in [2.45, 2.75) is 34.2 Å². The van der Waals surface area contributed by atoms with Gasteiger partial charge in [-0.2, -0.15) is 0 Å². The largest absolute Gasteiger partial charge is 0.399 e. The van der Waals surface area contributed by atoms with E-state index in [9.17, 15) is 0 Å². The molecule has 0 aliphatic heterocycles. The van der Waals surface area contributed by atoms with Crippen molar-refractivity contribution in [1.29, 1.82) is 0 Å². The summed E-state index contributed by atoms with van der Waals surface area (Å²) in [7, 11) is 0. The van der Waals surface area contributed by atoms with Gasteiger partial charge in [0.2, 0.25) is 0 Å². The van der Waals surface area contributed by atoms with E-state index in [2.05, 4.69) is 43.2 Å². The summed E-state index contributed by atoms with van der Waals surface area (Å²) in [5.74, 6) is 1.24. The third-order valence-corrected chi connectivity index (χ3v) is 3.60. The maximum absolute atomic E-state index is 5.81. The van der Waals surface area contributed by atoms with Crippen molar-refractivity contribution in [2.24, 2.45) is 11.3 Å². The molecular weight excluding hydrogens is 238 g/mol. The number of nitrogens with zero attached hydrogens (tertiary/aromatic N) is 4. The fourth-order valence-corrected chi connectivity index (χ4v) is 1.75. The van der Waals surface area contributed by atoms with Crippen molar-refractivity contribution < 1.29 is 0 Å². The minimum Gasteiger partial charge on any atom is -0.399 e. The zero-order valence-corrected chi connectivity index (χ0v) is 12.0. The highest BCUT2D eigenvalue weighted by Gasteiger charge is 2.22. The van der Waals surface area contributed by atoms with E-state index >= 15 is 0 Å². The number of aromatic nitrogens is 4. The topological polar surface area (TPSA) is 69.6 Å². The molecule has 0 bridgehead atoms. The number of tetrazole rings is 1. The van der Waals surface area contributed by atoms with Crippen LogP contribution in [0.2, 0.25) is 0 Å². The maximum atomic E-state index is 5.81. The van der Waals surface area contributed by atoms with E-state index < -0.39 is 0 Å².